The van der Waals surface area contributed by atoms with Crippen molar-refractivity contribution in [2.45, 2.75) is 20.0 Å². The van der Waals surface area contributed by atoms with E-state index in [1.807, 2.05) is 36.6 Å². The van der Waals surface area contributed by atoms with Crippen molar-refractivity contribution in [3.05, 3.63) is 52.0 Å². The van der Waals surface area contributed by atoms with E-state index in [0.29, 0.717) is 25.3 Å². The van der Waals surface area contributed by atoms with Gasteiger partial charge in [0, 0.05) is 24.5 Å². The molecule has 1 amide bonds. The van der Waals surface area contributed by atoms with Crippen LogP contribution in [-0.2, 0) is 16.2 Å². The van der Waals surface area contributed by atoms with E-state index in [0.717, 1.165) is 16.3 Å². The highest BCUT2D eigenvalue weighted by molar-refractivity contribution is 7.09. The van der Waals surface area contributed by atoms with E-state index in [1.165, 1.54) is 6.08 Å². The molecule has 1 aromatic carbocycles. The van der Waals surface area contributed by atoms with E-state index in [-0.39, 0.29) is 12.5 Å². The molecule has 1 N–H and O–H groups in total. The minimum Gasteiger partial charge on any atom is -0.487 e. The first kappa shape index (κ1) is 18.1. The van der Waals surface area contributed by atoms with Gasteiger partial charge < -0.3 is 14.7 Å². The predicted molar refractivity (Wildman–Crippen MR) is 99.0 cm³/mol. The Bertz CT molecular complexity index is 830. The van der Waals surface area contributed by atoms with E-state index in [4.69, 9.17) is 9.84 Å². The van der Waals surface area contributed by atoms with Gasteiger partial charge in [0.2, 0.25) is 5.91 Å². The Morgan fingerprint density at radius 3 is 3.00 bits per heavy atom. The number of thiazole rings is 1. The summed E-state index contributed by atoms with van der Waals surface area (Å²) < 4.78 is 5.74. The second kappa shape index (κ2) is 8.14. The maximum atomic E-state index is 12.2. The SMILES string of the molecule is Cc1nc(COc2cccc(/C=C/C(=O)N3CCC(C(=O)O)C3)c2)cs1. The minimum atomic E-state index is -0.843. The van der Waals surface area contributed by atoms with E-state index >= 15 is 0 Å². The molecule has 1 saturated heterocycles. The molecule has 1 aliphatic rings. The van der Waals surface area contributed by atoms with Crippen LogP contribution in [0.25, 0.3) is 6.08 Å². The third kappa shape index (κ3) is 4.70. The molecule has 1 fully saturated rings. The summed E-state index contributed by atoms with van der Waals surface area (Å²) in [5.41, 5.74) is 1.74. The fourth-order valence-electron chi connectivity index (χ4n) is 2.77. The number of rotatable bonds is 6. The summed E-state index contributed by atoms with van der Waals surface area (Å²) in [6, 6.07) is 7.46. The van der Waals surface area contributed by atoms with Gasteiger partial charge in [0.15, 0.2) is 0 Å². The van der Waals surface area contributed by atoms with Gasteiger partial charge in [-0.05, 0) is 37.1 Å². The Balaban J connectivity index is 1.57. The summed E-state index contributed by atoms with van der Waals surface area (Å²) in [5, 5.41) is 12.0. The molecule has 0 saturated carbocycles. The lowest BCUT2D eigenvalue weighted by Gasteiger charge is -2.12. The Morgan fingerprint density at radius 1 is 1.46 bits per heavy atom. The van der Waals surface area contributed by atoms with Crippen LogP contribution in [0.4, 0.5) is 0 Å². The summed E-state index contributed by atoms with van der Waals surface area (Å²) in [6.07, 6.45) is 3.71. The number of amides is 1. The van der Waals surface area contributed by atoms with Crippen LogP contribution in [0.5, 0.6) is 5.75 Å². The second-order valence-corrected chi connectivity index (χ2v) is 7.22. The van der Waals surface area contributed by atoms with Crippen molar-refractivity contribution in [3.8, 4) is 5.75 Å². The summed E-state index contributed by atoms with van der Waals surface area (Å²) in [5.74, 6) is -0.766. The molecule has 136 valence electrons. The molecule has 2 heterocycles. The van der Waals surface area contributed by atoms with E-state index < -0.39 is 11.9 Å². The van der Waals surface area contributed by atoms with E-state index in [1.54, 1.807) is 22.3 Å². The molecule has 7 heteroatoms. The zero-order chi connectivity index (χ0) is 18.5. The topological polar surface area (TPSA) is 79.7 Å². The van der Waals surface area contributed by atoms with Crippen molar-refractivity contribution in [1.82, 2.24) is 9.88 Å². The highest BCUT2D eigenvalue weighted by atomic mass is 32.1. The average molecular weight is 372 g/mol. The molecule has 1 aliphatic heterocycles. The predicted octanol–water partition coefficient (Wildman–Crippen LogP) is 2.98. The highest BCUT2D eigenvalue weighted by Gasteiger charge is 2.29. The zero-order valence-corrected chi connectivity index (χ0v) is 15.2. The van der Waals surface area contributed by atoms with Gasteiger partial charge in [-0.2, -0.15) is 0 Å². The molecule has 3 rings (SSSR count). The largest absolute Gasteiger partial charge is 0.487 e. The average Bonchev–Trinajstić information content (AvgIpc) is 3.27. The lowest BCUT2D eigenvalue weighted by atomic mass is 10.1. The van der Waals surface area contributed by atoms with Crippen molar-refractivity contribution in [2.24, 2.45) is 5.92 Å². The summed E-state index contributed by atoms with van der Waals surface area (Å²) in [7, 11) is 0. The minimum absolute atomic E-state index is 0.169. The molecule has 0 aliphatic carbocycles. The fraction of sp³-hybridized carbons (Fsp3) is 0.316. The molecule has 0 radical (unpaired) electrons. The number of aromatic nitrogens is 1. The molecule has 1 aromatic heterocycles. The van der Waals surface area contributed by atoms with Crippen LogP contribution in [0, 0.1) is 12.8 Å². The van der Waals surface area contributed by atoms with E-state index in [9.17, 15) is 9.59 Å². The van der Waals surface area contributed by atoms with Gasteiger partial charge in [-0.25, -0.2) is 4.98 Å². The Morgan fingerprint density at radius 2 is 2.31 bits per heavy atom. The van der Waals surface area contributed by atoms with Gasteiger partial charge in [0.05, 0.1) is 16.6 Å². The second-order valence-electron chi connectivity index (χ2n) is 6.16. The van der Waals surface area contributed by atoms with Crippen LogP contribution in [-0.4, -0.2) is 40.0 Å². The lowest BCUT2D eigenvalue weighted by Crippen LogP contribution is -2.28. The van der Waals surface area contributed by atoms with Crippen LogP contribution < -0.4 is 4.74 Å². The number of nitrogens with zero attached hydrogens (tertiary/aromatic N) is 2. The maximum absolute atomic E-state index is 12.2. The number of aryl methyl sites for hydroxylation is 1. The monoisotopic (exact) mass is 372 g/mol. The van der Waals surface area contributed by atoms with Crippen LogP contribution in [0.1, 0.15) is 22.7 Å². The Labute approximate surface area is 155 Å². The maximum Gasteiger partial charge on any atom is 0.308 e. The molecule has 0 bridgehead atoms. The van der Waals surface area contributed by atoms with Gasteiger partial charge >= 0.3 is 5.97 Å². The number of ether oxygens (including phenoxy) is 1. The molecular formula is C19H20N2O4S. The Hall–Kier alpha value is -2.67. The van der Waals surface area contributed by atoms with Crippen LogP contribution in [0.2, 0.25) is 0 Å². The van der Waals surface area contributed by atoms with Gasteiger partial charge in [-0.15, -0.1) is 11.3 Å². The first-order chi connectivity index (χ1) is 12.5. The molecule has 0 spiro atoms. The van der Waals surface area contributed by atoms with Gasteiger partial charge in [0.25, 0.3) is 0 Å². The van der Waals surface area contributed by atoms with Gasteiger partial charge in [-0.1, -0.05) is 12.1 Å². The first-order valence-electron chi connectivity index (χ1n) is 8.35. The van der Waals surface area contributed by atoms with Crippen molar-refractivity contribution in [2.75, 3.05) is 13.1 Å². The van der Waals surface area contributed by atoms with Crippen molar-refractivity contribution in [1.29, 1.82) is 0 Å². The normalized spacial score (nSPS) is 17.0. The number of likely N-dealkylation sites (tertiary alicyclic amines) is 1. The van der Waals surface area contributed by atoms with Gasteiger partial charge in [-0.3, -0.25) is 9.59 Å². The van der Waals surface area contributed by atoms with E-state index in [2.05, 4.69) is 4.98 Å². The number of hydrogen-bond acceptors (Lipinski definition) is 5. The number of carboxylic acid groups (broad SMARTS) is 1. The number of aliphatic carboxylic acids is 1. The van der Waals surface area contributed by atoms with Crippen molar-refractivity contribution >= 4 is 29.3 Å². The summed E-state index contributed by atoms with van der Waals surface area (Å²) in [6.45, 7) is 3.11. The molecule has 6 nitrogen and oxygen atoms in total. The highest BCUT2D eigenvalue weighted by Crippen LogP contribution is 2.19. The Kier molecular flexibility index (Phi) is 5.68. The molecule has 1 atom stereocenters. The fourth-order valence-corrected chi connectivity index (χ4v) is 3.37. The number of benzene rings is 1. The van der Waals surface area contributed by atoms with Crippen LogP contribution in [0.3, 0.4) is 0 Å². The standard InChI is InChI=1S/C19H20N2O4S/c1-13-20-16(12-26-13)11-25-17-4-2-3-14(9-17)5-6-18(22)21-8-7-15(10-21)19(23)24/h2-6,9,12,15H,7-8,10-11H2,1H3,(H,23,24)/b6-5+. The van der Waals surface area contributed by atoms with Crippen LogP contribution >= 0.6 is 11.3 Å². The van der Waals surface area contributed by atoms with Gasteiger partial charge in [0.1, 0.15) is 12.4 Å². The first-order valence-corrected chi connectivity index (χ1v) is 9.23. The summed E-state index contributed by atoms with van der Waals surface area (Å²) in [4.78, 5) is 29.1. The zero-order valence-electron chi connectivity index (χ0n) is 14.4. The lowest BCUT2D eigenvalue weighted by molar-refractivity contribution is -0.141. The molecule has 2 aromatic rings. The number of hydrogen-bond donors (Lipinski definition) is 1. The van der Waals surface area contributed by atoms with Crippen molar-refractivity contribution in [3.63, 3.8) is 0 Å². The number of carbonyl (C=O) groups is 2. The summed E-state index contributed by atoms with van der Waals surface area (Å²) >= 11 is 1.59. The molecule has 1 unspecified atom stereocenters. The van der Waals surface area contributed by atoms with Crippen LogP contribution in [0.15, 0.2) is 35.7 Å². The quantitative estimate of drug-likeness (QED) is 0.789. The van der Waals surface area contributed by atoms with Crippen molar-refractivity contribution < 1.29 is 19.4 Å². The smallest absolute Gasteiger partial charge is 0.308 e. The third-order valence-electron chi connectivity index (χ3n) is 4.18. The molecule has 26 heavy (non-hydrogen) atoms. The number of carbonyl (C=O) groups excluding carboxylic acids is 1. The third-order valence-corrected chi connectivity index (χ3v) is 5.00. The number of carboxylic acids is 1. The molecular weight excluding hydrogens is 352 g/mol.